The predicted octanol–water partition coefficient (Wildman–Crippen LogP) is 1.94. The average molecular weight is 549 g/mol. The molecular formula is C30H40N6O4. The molecule has 0 unspecified atom stereocenters. The van der Waals surface area contributed by atoms with Crippen molar-refractivity contribution >= 4 is 17.6 Å². The fraction of sp³-hybridized carbons (Fsp3) is 0.600. The minimum atomic E-state index is -0.601. The van der Waals surface area contributed by atoms with Gasteiger partial charge in [-0.15, -0.1) is 0 Å². The molecule has 40 heavy (non-hydrogen) atoms. The average Bonchev–Trinajstić information content (AvgIpc) is 3.01. The van der Waals surface area contributed by atoms with Gasteiger partial charge in [0.1, 0.15) is 17.8 Å². The van der Waals surface area contributed by atoms with Crippen molar-refractivity contribution in [1.29, 1.82) is 0 Å². The van der Waals surface area contributed by atoms with Gasteiger partial charge in [0.15, 0.2) is 0 Å². The van der Waals surface area contributed by atoms with Crippen LogP contribution in [-0.4, -0.2) is 106 Å². The van der Waals surface area contributed by atoms with E-state index >= 15 is 0 Å². The third-order valence-corrected chi connectivity index (χ3v) is 9.08. The molecule has 4 aliphatic rings. The number of aromatic nitrogens is 2. The first-order valence-electron chi connectivity index (χ1n) is 14.8. The lowest BCUT2D eigenvalue weighted by Crippen LogP contribution is -2.56. The largest absolute Gasteiger partial charge is 0.390 e. The first-order chi connectivity index (χ1) is 19.5. The summed E-state index contributed by atoms with van der Waals surface area (Å²) in [5.74, 6) is 0.792. The lowest BCUT2D eigenvalue weighted by molar-refractivity contribution is -0.139. The van der Waals surface area contributed by atoms with Crippen molar-refractivity contribution in [3.05, 3.63) is 53.5 Å². The third-order valence-electron chi connectivity index (χ3n) is 9.08. The van der Waals surface area contributed by atoms with Gasteiger partial charge in [0.25, 0.3) is 5.91 Å². The number of β-amino-alcohol motifs (C(OH)–C–C–N with tert-alkyl or cyclic N) is 1. The highest BCUT2D eigenvalue weighted by atomic mass is 16.5. The van der Waals surface area contributed by atoms with E-state index in [0.29, 0.717) is 37.8 Å². The highest BCUT2D eigenvalue weighted by molar-refractivity contribution is 5.93. The minimum Gasteiger partial charge on any atom is -0.390 e. The molecule has 10 heteroatoms. The van der Waals surface area contributed by atoms with Gasteiger partial charge in [-0.1, -0.05) is 24.3 Å². The van der Waals surface area contributed by atoms with E-state index in [4.69, 9.17) is 4.74 Å². The number of nitrogens with one attached hydrogen (secondary N) is 1. The van der Waals surface area contributed by atoms with Crippen LogP contribution >= 0.6 is 0 Å². The number of hydrogen-bond donors (Lipinski definition) is 2. The molecule has 4 aliphatic heterocycles. The summed E-state index contributed by atoms with van der Waals surface area (Å²) in [5, 5.41) is 14.5. The van der Waals surface area contributed by atoms with E-state index in [2.05, 4.69) is 44.5 Å². The Hall–Kier alpha value is -3.08. The standard InChI is InChI=1S/C30H40N6O4/c37-27-19-36(14-8-26(27)35-11-5-21-3-1-2-4-23(21)18-35)30(39)25-17-28(32-20-31-25)33-24-6-12-34(13-7-24)29(38)22-9-15-40-16-10-22/h1-4,17,20,22,24,26-27,37H,5-16,18-19H2,(H,31,32,33)/t26-,27-/m1/s1. The number of amides is 2. The lowest BCUT2D eigenvalue weighted by atomic mass is 9.94. The molecular weight excluding hydrogens is 508 g/mol. The number of likely N-dealkylation sites (tertiary alicyclic amines) is 2. The van der Waals surface area contributed by atoms with Crippen LogP contribution in [0.3, 0.4) is 0 Å². The molecule has 2 aromatic rings. The highest BCUT2D eigenvalue weighted by Crippen LogP contribution is 2.26. The number of aliphatic hydroxyl groups excluding tert-OH is 1. The van der Waals surface area contributed by atoms with E-state index in [0.717, 1.165) is 64.7 Å². The maximum atomic E-state index is 13.3. The van der Waals surface area contributed by atoms with Crippen molar-refractivity contribution in [1.82, 2.24) is 24.7 Å². The van der Waals surface area contributed by atoms with Crippen molar-refractivity contribution in [2.45, 2.75) is 63.3 Å². The summed E-state index contributed by atoms with van der Waals surface area (Å²) < 4.78 is 5.40. The number of fused-ring (bicyclic) bond motifs is 1. The van der Waals surface area contributed by atoms with Gasteiger partial charge in [0.2, 0.25) is 5.91 Å². The quantitative estimate of drug-likeness (QED) is 0.583. The first kappa shape index (κ1) is 27.1. The number of anilines is 1. The fourth-order valence-electron chi connectivity index (χ4n) is 6.70. The zero-order valence-electron chi connectivity index (χ0n) is 23.1. The number of hydrogen-bond acceptors (Lipinski definition) is 8. The molecule has 2 atom stereocenters. The highest BCUT2D eigenvalue weighted by Gasteiger charge is 2.36. The molecule has 0 spiro atoms. The topological polar surface area (TPSA) is 111 Å². The summed E-state index contributed by atoms with van der Waals surface area (Å²) in [4.78, 5) is 40.8. The molecule has 3 fully saturated rings. The van der Waals surface area contributed by atoms with Crippen LogP contribution in [0.25, 0.3) is 0 Å². The molecule has 0 saturated carbocycles. The van der Waals surface area contributed by atoms with Crippen molar-refractivity contribution in [3.8, 4) is 0 Å². The van der Waals surface area contributed by atoms with Crippen LogP contribution in [-0.2, 0) is 22.5 Å². The number of carbonyl (C=O) groups is 2. The molecule has 6 rings (SSSR count). The molecule has 0 aliphatic carbocycles. The number of ether oxygens (including phenoxy) is 1. The number of nitrogens with zero attached hydrogens (tertiary/aromatic N) is 5. The minimum absolute atomic E-state index is 0.0456. The molecule has 0 radical (unpaired) electrons. The number of rotatable bonds is 5. The second-order valence-electron chi connectivity index (χ2n) is 11.6. The summed E-state index contributed by atoms with van der Waals surface area (Å²) in [7, 11) is 0. The van der Waals surface area contributed by atoms with Crippen LogP contribution in [0.15, 0.2) is 36.7 Å². The Morgan fingerprint density at radius 2 is 1.68 bits per heavy atom. The maximum Gasteiger partial charge on any atom is 0.272 e. The fourth-order valence-corrected chi connectivity index (χ4v) is 6.70. The van der Waals surface area contributed by atoms with Gasteiger partial charge in [-0.05, 0) is 49.7 Å². The summed E-state index contributed by atoms with van der Waals surface area (Å²) in [5.41, 5.74) is 3.06. The van der Waals surface area contributed by atoms with Crippen LogP contribution < -0.4 is 5.32 Å². The SMILES string of the molecule is O=C(c1cc(NC2CCN(C(=O)C3CCOCC3)CC2)ncn1)N1CC[C@@H](N2CCc3ccccc3C2)[C@H](O)C1. The van der Waals surface area contributed by atoms with E-state index in [1.54, 1.807) is 11.0 Å². The van der Waals surface area contributed by atoms with E-state index in [1.807, 2.05) is 4.90 Å². The van der Waals surface area contributed by atoms with Crippen LogP contribution in [0.1, 0.15) is 53.7 Å². The zero-order chi connectivity index (χ0) is 27.5. The Bertz CT molecular complexity index is 1200. The maximum absolute atomic E-state index is 13.3. The molecule has 10 nitrogen and oxygen atoms in total. The number of aliphatic hydroxyl groups is 1. The molecule has 0 bridgehead atoms. The van der Waals surface area contributed by atoms with E-state index in [-0.39, 0.29) is 29.8 Å². The molecule has 2 N–H and O–H groups in total. The van der Waals surface area contributed by atoms with Crippen molar-refractivity contribution < 1.29 is 19.4 Å². The molecule has 214 valence electrons. The van der Waals surface area contributed by atoms with Crippen LogP contribution in [0.4, 0.5) is 5.82 Å². The smallest absolute Gasteiger partial charge is 0.272 e. The van der Waals surface area contributed by atoms with Gasteiger partial charge in [-0.25, -0.2) is 9.97 Å². The zero-order valence-corrected chi connectivity index (χ0v) is 23.1. The molecule has 5 heterocycles. The lowest BCUT2D eigenvalue weighted by Gasteiger charge is -2.43. The van der Waals surface area contributed by atoms with Gasteiger partial charge >= 0.3 is 0 Å². The second-order valence-corrected chi connectivity index (χ2v) is 11.6. The second kappa shape index (κ2) is 12.2. The van der Waals surface area contributed by atoms with Crippen LogP contribution in [0.5, 0.6) is 0 Å². The summed E-state index contributed by atoms with van der Waals surface area (Å²) >= 11 is 0. The van der Waals surface area contributed by atoms with Gasteiger partial charge in [-0.3, -0.25) is 14.5 Å². The van der Waals surface area contributed by atoms with E-state index in [1.165, 1.54) is 17.5 Å². The molecule has 3 saturated heterocycles. The van der Waals surface area contributed by atoms with E-state index in [9.17, 15) is 14.7 Å². The summed E-state index contributed by atoms with van der Waals surface area (Å²) in [6, 6.07) is 10.5. The first-order valence-corrected chi connectivity index (χ1v) is 14.8. The van der Waals surface area contributed by atoms with Crippen molar-refractivity contribution in [3.63, 3.8) is 0 Å². The normalized spacial score (nSPS) is 24.9. The van der Waals surface area contributed by atoms with Gasteiger partial charge in [0.05, 0.1) is 6.10 Å². The van der Waals surface area contributed by atoms with Gasteiger partial charge in [-0.2, -0.15) is 0 Å². The number of piperidine rings is 2. The Morgan fingerprint density at radius 1 is 0.925 bits per heavy atom. The Morgan fingerprint density at radius 3 is 2.45 bits per heavy atom. The van der Waals surface area contributed by atoms with Gasteiger partial charge < -0.3 is 25.0 Å². The molecule has 1 aromatic heterocycles. The summed E-state index contributed by atoms with van der Waals surface area (Å²) in [6.45, 7) is 5.45. The Balaban J connectivity index is 1.00. The monoisotopic (exact) mass is 548 g/mol. The molecule has 2 amide bonds. The Kier molecular flexibility index (Phi) is 8.27. The number of carbonyl (C=O) groups excluding carboxylic acids is 2. The number of benzene rings is 1. The van der Waals surface area contributed by atoms with Crippen molar-refractivity contribution in [2.24, 2.45) is 5.92 Å². The van der Waals surface area contributed by atoms with Gasteiger partial charge in [0, 0.05) is 76.6 Å². The van der Waals surface area contributed by atoms with Crippen molar-refractivity contribution in [2.75, 3.05) is 51.3 Å². The van der Waals surface area contributed by atoms with E-state index < -0.39 is 6.10 Å². The summed E-state index contributed by atoms with van der Waals surface area (Å²) in [6.07, 6.45) is 5.85. The predicted molar refractivity (Wildman–Crippen MR) is 150 cm³/mol. The van der Waals surface area contributed by atoms with Crippen LogP contribution in [0.2, 0.25) is 0 Å². The molecule has 1 aromatic carbocycles. The third kappa shape index (κ3) is 5.99. The Labute approximate surface area is 235 Å². The van der Waals surface area contributed by atoms with Crippen LogP contribution in [0, 0.1) is 5.92 Å².